The number of primary amides is 1. The number of carbonyl (C=O) groups excluding carboxylic acids is 1. The number of hydrogen-bond donors (Lipinski definition) is 3. The number of benzene rings is 1. The molecule has 1 saturated carbocycles. The second kappa shape index (κ2) is 6.22. The number of carbonyl (C=O) groups is 1. The van der Waals surface area contributed by atoms with E-state index in [-0.39, 0.29) is 11.6 Å². The fourth-order valence-electron chi connectivity index (χ4n) is 2.85. The molecule has 20 heavy (non-hydrogen) atoms. The Kier molecular flexibility index (Phi) is 4.60. The van der Waals surface area contributed by atoms with Gasteiger partial charge < -0.3 is 16.8 Å². The van der Waals surface area contributed by atoms with E-state index >= 15 is 0 Å². The second-order valence-electron chi connectivity index (χ2n) is 5.53. The Labute approximate surface area is 118 Å². The molecule has 1 aromatic carbocycles. The summed E-state index contributed by atoms with van der Waals surface area (Å²) < 4.78 is 13.9. The lowest BCUT2D eigenvalue weighted by molar-refractivity contribution is 0.1000. The smallest absolute Gasteiger partial charge is 0.248 e. The minimum Gasteiger partial charge on any atom is -0.382 e. The monoisotopic (exact) mass is 279 g/mol. The van der Waals surface area contributed by atoms with E-state index in [1.807, 2.05) is 0 Å². The van der Waals surface area contributed by atoms with Gasteiger partial charge in [-0.3, -0.25) is 4.79 Å². The average Bonchev–Trinajstić information content (AvgIpc) is 2.44. The maximum absolute atomic E-state index is 13.9. The molecule has 1 aliphatic rings. The number of rotatable bonds is 4. The van der Waals surface area contributed by atoms with Crippen LogP contribution in [0.1, 0.15) is 41.6 Å². The van der Waals surface area contributed by atoms with Crippen LogP contribution < -0.4 is 16.8 Å². The lowest BCUT2D eigenvalue weighted by Gasteiger charge is -2.32. The topological polar surface area (TPSA) is 81.1 Å². The number of halogens is 1. The highest BCUT2D eigenvalue weighted by molar-refractivity contribution is 5.94. The molecule has 1 amide bonds. The lowest BCUT2D eigenvalue weighted by Crippen LogP contribution is -2.37. The quantitative estimate of drug-likeness (QED) is 0.790. The van der Waals surface area contributed by atoms with Crippen molar-refractivity contribution >= 4 is 11.6 Å². The molecule has 110 valence electrons. The second-order valence-corrected chi connectivity index (χ2v) is 5.53. The zero-order valence-electron chi connectivity index (χ0n) is 11.8. The molecule has 4 nitrogen and oxygen atoms in total. The third kappa shape index (κ3) is 3.10. The van der Waals surface area contributed by atoms with Crippen LogP contribution in [0.4, 0.5) is 10.1 Å². The molecule has 2 rings (SSSR count). The standard InChI is InChI=1S/C15H22FN3O/c1-9-12(16)6-11(15(18)20)7-14(9)19-13-5-3-2-4-10(13)8-17/h6-7,10,13,19H,2-5,8,17H2,1H3,(H2,18,20). The Bertz CT molecular complexity index is 504. The summed E-state index contributed by atoms with van der Waals surface area (Å²) in [5.41, 5.74) is 12.4. The normalized spacial score (nSPS) is 22.6. The van der Waals surface area contributed by atoms with Gasteiger partial charge in [0.15, 0.2) is 0 Å². The van der Waals surface area contributed by atoms with Gasteiger partial charge in [-0.15, -0.1) is 0 Å². The highest BCUT2D eigenvalue weighted by Gasteiger charge is 2.24. The van der Waals surface area contributed by atoms with Crippen molar-refractivity contribution in [3.05, 3.63) is 29.1 Å². The minimum atomic E-state index is -0.619. The molecule has 0 heterocycles. The number of hydrogen-bond acceptors (Lipinski definition) is 3. The molecule has 0 aromatic heterocycles. The third-order valence-corrected chi connectivity index (χ3v) is 4.18. The van der Waals surface area contributed by atoms with E-state index in [0.717, 1.165) is 19.3 Å². The van der Waals surface area contributed by atoms with Gasteiger partial charge in [-0.1, -0.05) is 12.8 Å². The van der Waals surface area contributed by atoms with Gasteiger partial charge in [0.05, 0.1) is 0 Å². The fourth-order valence-corrected chi connectivity index (χ4v) is 2.85. The van der Waals surface area contributed by atoms with Crippen LogP contribution in [0.2, 0.25) is 0 Å². The Morgan fingerprint density at radius 1 is 1.40 bits per heavy atom. The first-order valence-electron chi connectivity index (χ1n) is 7.09. The molecule has 2 unspecified atom stereocenters. The third-order valence-electron chi connectivity index (χ3n) is 4.18. The minimum absolute atomic E-state index is 0.190. The summed E-state index contributed by atoms with van der Waals surface area (Å²) >= 11 is 0. The maximum atomic E-state index is 13.9. The highest BCUT2D eigenvalue weighted by Crippen LogP contribution is 2.29. The summed E-state index contributed by atoms with van der Waals surface area (Å²) in [7, 11) is 0. The molecule has 0 radical (unpaired) electrons. The molecule has 5 N–H and O–H groups in total. The Morgan fingerprint density at radius 2 is 2.10 bits per heavy atom. The van der Waals surface area contributed by atoms with E-state index in [1.165, 1.54) is 12.5 Å². The van der Waals surface area contributed by atoms with Gasteiger partial charge in [-0.05, 0) is 44.4 Å². The van der Waals surface area contributed by atoms with Gasteiger partial charge in [0.2, 0.25) is 5.91 Å². The van der Waals surface area contributed by atoms with Crippen molar-refractivity contribution in [3.8, 4) is 0 Å². The van der Waals surface area contributed by atoms with E-state index in [0.29, 0.717) is 23.7 Å². The summed E-state index contributed by atoms with van der Waals surface area (Å²) in [4.78, 5) is 11.2. The van der Waals surface area contributed by atoms with Gasteiger partial charge in [-0.25, -0.2) is 4.39 Å². The molecule has 0 aliphatic heterocycles. The Hall–Kier alpha value is -1.62. The zero-order valence-corrected chi connectivity index (χ0v) is 11.8. The first-order chi connectivity index (χ1) is 9.52. The van der Waals surface area contributed by atoms with Crippen LogP contribution >= 0.6 is 0 Å². The average molecular weight is 279 g/mol. The van der Waals surface area contributed by atoms with Crippen molar-refractivity contribution in [2.45, 2.75) is 38.6 Å². The molecule has 2 atom stereocenters. The van der Waals surface area contributed by atoms with Crippen molar-refractivity contribution in [3.63, 3.8) is 0 Å². The maximum Gasteiger partial charge on any atom is 0.248 e. The summed E-state index contributed by atoms with van der Waals surface area (Å²) in [5.74, 6) is -0.640. The largest absolute Gasteiger partial charge is 0.382 e. The van der Waals surface area contributed by atoms with Crippen LogP contribution in [0.15, 0.2) is 12.1 Å². The molecule has 0 spiro atoms. The van der Waals surface area contributed by atoms with Crippen molar-refractivity contribution < 1.29 is 9.18 Å². The van der Waals surface area contributed by atoms with Crippen LogP contribution in [-0.4, -0.2) is 18.5 Å². The molecule has 5 heteroatoms. The molecule has 0 saturated heterocycles. The first kappa shape index (κ1) is 14.8. The number of amides is 1. The van der Waals surface area contributed by atoms with Crippen LogP contribution in [-0.2, 0) is 0 Å². The van der Waals surface area contributed by atoms with Crippen LogP contribution in [0, 0.1) is 18.7 Å². The van der Waals surface area contributed by atoms with Crippen LogP contribution in [0.5, 0.6) is 0 Å². The van der Waals surface area contributed by atoms with E-state index in [1.54, 1.807) is 13.0 Å². The van der Waals surface area contributed by atoms with E-state index < -0.39 is 11.7 Å². The Morgan fingerprint density at radius 3 is 2.75 bits per heavy atom. The van der Waals surface area contributed by atoms with E-state index in [4.69, 9.17) is 11.5 Å². The molecule has 0 bridgehead atoms. The molecule has 1 aromatic rings. The summed E-state index contributed by atoms with van der Waals surface area (Å²) in [6, 6.07) is 3.04. The first-order valence-corrected chi connectivity index (χ1v) is 7.09. The summed E-state index contributed by atoms with van der Waals surface area (Å²) in [6.07, 6.45) is 4.44. The molecular formula is C15H22FN3O. The van der Waals surface area contributed by atoms with Gasteiger partial charge in [0, 0.05) is 22.9 Å². The van der Waals surface area contributed by atoms with Crippen molar-refractivity contribution in [1.82, 2.24) is 0 Å². The van der Waals surface area contributed by atoms with Crippen molar-refractivity contribution in [2.75, 3.05) is 11.9 Å². The predicted octanol–water partition coefficient (Wildman–Crippen LogP) is 2.16. The zero-order chi connectivity index (χ0) is 14.7. The van der Waals surface area contributed by atoms with Crippen molar-refractivity contribution in [1.29, 1.82) is 0 Å². The van der Waals surface area contributed by atoms with Crippen LogP contribution in [0.3, 0.4) is 0 Å². The highest BCUT2D eigenvalue weighted by atomic mass is 19.1. The fraction of sp³-hybridized carbons (Fsp3) is 0.533. The molecule has 1 fully saturated rings. The predicted molar refractivity (Wildman–Crippen MR) is 78.1 cm³/mol. The molecule has 1 aliphatic carbocycles. The Balaban J connectivity index is 2.25. The van der Waals surface area contributed by atoms with Gasteiger partial charge >= 0.3 is 0 Å². The lowest BCUT2D eigenvalue weighted by atomic mass is 9.84. The number of anilines is 1. The van der Waals surface area contributed by atoms with Gasteiger partial charge in [-0.2, -0.15) is 0 Å². The number of nitrogens with one attached hydrogen (secondary N) is 1. The number of nitrogens with two attached hydrogens (primary N) is 2. The van der Waals surface area contributed by atoms with Gasteiger partial charge in [0.1, 0.15) is 5.82 Å². The van der Waals surface area contributed by atoms with E-state index in [9.17, 15) is 9.18 Å². The van der Waals surface area contributed by atoms with E-state index in [2.05, 4.69) is 5.32 Å². The van der Waals surface area contributed by atoms with Crippen LogP contribution in [0.25, 0.3) is 0 Å². The molecular weight excluding hydrogens is 257 g/mol. The SMILES string of the molecule is Cc1c(F)cc(C(N)=O)cc1NC1CCCCC1CN. The summed E-state index contributed by atoms with van der Waals surface area (Å²) in [5, 5.41) is 3.36. The summed E-state index contributed by atoms with van der Waals surface area (Å²) in [6.45, 7) is 2.32. The van der Waals surface area contributed by atoms with Crippen molar-refractivity contribution in [2.24, 2.45) is 17.4 Å². The van der Waals surface area contributed by atoms with Gasteiger partial charge in [0.25, 0.3) is 0 Å².